The number of allylic oxidation sites excluding steroid dienone is 1. The Kier molecular flexibility index (Phi) is 11.4. The Bertz CT molecular complexity index is 1860. The van der Waals surface area contributed by atoms with Crippen LogP contribution < -0.4 is 22.8 Å². The second-order valence-electron chi connectivity index (χ2n) is 11.9. The molecule has 0 saturated carbocycles. The van der Waals surface area contributed by atoms with Crippen molar-refractivity contribution in [3.05, 3.63) is 115 Å². The van der Waals surface area contributed by atoms with Gasteiger partial charge < -0.3 is 5.11 Å². The molecule has 0 aliphatic carbocycles. The van der Waals surface area contributed by atoms with Crippen molar-refractivity contribution in [3.63, 3.8) is 0 Å². The molecule has 2 aromatic heterocycles. The van der Waals surface area contributed by atoms with E-state index in [1.165, 1.54) is 14.0 Å². The van der Waals surface area contributed by atoms with E-state index in [0.717, 1.165) is 28.4 Å². The van der Waals surface area contributed by atoms with E-state index >= 15 is 0 Å². The Hall–Kier alpha value is -4.87. The molecule has 0 fully saturated rings. The smallest absolute Gasteiger partial charge is 0.352 e. The summed E-state index contributed by atoms with van der Waals surface area (Å²) < 4.78 is 6.32. The lowest BCUT2D eigenvalue weighted by Crippen LogP contribution is -2.31. The van der Waals surface area contributed by atoms with E-state index in [1.54, 1.807) is 61.5 Å². The van der Waals surface area contributed by atoms with Crippen molar-refractivity contribution >= 4 is 5.97 Å². The molecule has 2 aromatic carbocycles. The van der Waals surface area contributed by atoms with E-state index < -0.39 is 34.8 Å². The van der Waals surface area contributed by atoms with E-state index in [0.29, 0.717) is 29.8 Å². The molecule has 3 unspecified atom stereocenters. The normalized spacial score (nSPS) is 13.4. The monoisotopic (exact) mass is 632 g/mol. The van der Waals surface area contributed by atoms with Crippen LogP contribution in [0.5, 0.6) is 0 Å². The molecule has 46 heavy (non-hydrogen) atoms. The third kappa shape index (κ3) is 7.67. The molecule has 0 bridgehead atoms. The molecule has 12 nitrogen and oxygen atoms in total. The van der Waals surface area contributed by atoms with Crippen molar-refractivity contribution in [1.82, 2.24) is 28.3 Å². The van der Waals surface area contributed by atoms with Crippen molar-refractivity contribution < 1.29 is 9.90 Å². The summed E-state index contributed by atoms with van der Waals surface area (Å²) in [5.74, 6) is -0.472. The average molecular weight is 633 g/mol. The first kappa shape index (κ1) is 34.0. The molecule has 0 amide bonds. The molecule has 0 aliphatic rings. The fraction of sp³-hybridized carbons (Fsp3) is 0.441. The molecule has 0 spiro atoms. The van der Waals surface area contributed by atoms with Gasteiger partial charge in [-0.1, -0.05) is 75.2 Å². The number of nitrogens with zero attached hydrogens (tertiary/aromatic N) is 5. The Labute approximate surface area is 266 Å². The second-order valence-corrected chi connectivity index (χ2v) is 11.9. The zero-order chi connectivity index (χ0) is 33.4. The van der Waals surface area contributed by atoms with Crippen molar-refractivity contribution in [2.45, 2.75) is 84.8 Å². The van der Waals surface area contributed by atoms with Crippen LogP contribution in [0.1, 0.15) is 71.8 Å². The number of aromatic amines is 1. The van der Waals surface area contributed by atoms with E-state index in [4.69, 9.17) is 0 Å². The SMILES string of the molecule is C=C(CCn1c(=O)n(-c2ccccc2)c(=O)n1CC)C(CCC(C)CCC(CC)CC(=O)O)n1[nH]c(=O)n(-c2ccccc2)c1=O. The summed E-state index contributed by atoms with van der Waals surface area (Å²) in [6.07, 6.45) is 4.00. The van der Waals surface area contributed by atoms with Gasteiger partial charge in [0.25, 0.3) is 0 Å². The predicted molar refractivity (Wildman–Crippen MR) is 177 cm³/mol. The topological polar surface area (TPSA) is 146 Å². The van der Waals surface area contributed by atoms with Gasteiger partial charge in [0.1, 0.15) is 0 Å². The van der Waals surface area contributed by atoms with Crippen LogP contribution in [-0.4, -0.2) is 39.4 Å². The van der Waals surface area contributed by atoms with Gasteiger partial charge in [-0.2, -0.15) is 0 Å². The van der Waals surface area contributed by atoms with Crippen LogP contribution in [-0.2, 0) is 17.9 Å². The number of carbonyl (C=O) groups is 1. The highest BCUT2D eigenvalue weighted by atomic mass is 16.4. The molecule has 0 radical (unpaired) electrons. The number of benzene rings is 2. The number of hydrogen-bond acceptors (Lipinski definition) is 5. The number of carboxylic acid groups (broad SMARTS) is 1. The maximum absolute atomic E-state index is 13.7. The number of H-pyrrole nitrogens is 1. The van der Waals surface area contributed by atoms with Crippen LogP contribution in [0.2, 0.25) is 0 Å². The first-order chi connectivity index (χ1) is 22.1. The van der Waals surface area contributed by atoms with Gasteiger partial charge in [0.2, 0.25) is 0 Å². The van der Waals surface area contributed by atoms with E-state index in [2.05, 4.69) is 18.6 Å². The Balaban J connectivity index is 1.61. The first-order valence-corrected chi connectivity index (χ1v) is 15.9. The highest BCUT2D eigenvalue weighted by molar-refractivity contribution is 5.66. The maximum atomic E-state index is 13.7. The zero-order valence-corrected chi connectivity index (χ0v) is 26.8. The van der Waals surface area contributed by atoms with Crippen LogP contribution in [0, 0.1) is 11.8 Å². The molecule has 0 saturated heterocycles. The molecular weight excluding hydrogens is 588 g/mol. The maximum Gasteiger partial charge on any atom is 0.352 e. The molecule has 4 rings (SSSR count). The number of carboxylic acids is 1. The lowest BCUT2D eigenvalue weighted by atomic mass is 9.88. The number of rotatable bonds is 17. The number of hydrogen-bond donors (Lipinski definition) is 2. The van der Waals surface area contributed by atoms with Gasteiger partial charge >= 0.3 is 28.7 Å². The zero-order valence-electron chi connectivity index (χ0n) is 26.8. The third-order valence-electron chi connectivity index (χ3n) is 8.73. The molecule has 4 aromatic rings. The standard InChI is InChI=1S/C34H44N6O6/c1-5-26(23-30(41)42)19-17-24(3)18-20-29(40-34(46)38(31(43)35-40)27-13-9-7-10-14-27)25(4)21-22-37-33(45)39(32(44)36(37)6-2)28-15-11-8-12-16-28/h7-16,24,26,29H,4-6,17-23H2,1-3H3,(H,35,43)(H,41,42). The summed E-state index contributed by atoms with van der Waals surface area (Å²) >= 11 is 0. The lowest BCUT2D eigenvalue weighted by molar-refractivity contribution is -0.138. The van der Waals surface area contributed by atoms with Gasteiger partial charge in [0, 0.05) is 19.5 Å². The van der Waals surface area contributed by atoms with Crippen LogP contribution >= 0.6 is 0 Å². The van der Waals surface area contributed by atoms with Gasteiger partial charge in [-0.25, -0.2) is 47.5 Å². The lowest BCUT2D eigenvalue weighted by Gasteiger charge is -2.23. The molecular formula is C34H44N6O6. The number of aromatic nitrogens is 6. The Morgan fingerprint density at radius 3 is 1.93 bits per heavy atom. The summed E-state index contributed by atoms with van der Waals surface area (Å²) in [5, 5.41) is 11.9. The second kappa shape index (κ2) is 15.4. The van der Waals surface area contributed by atoms with Gasteiger partial charge in [-0.05, 0) is 68.7 Å². The number of nitrogens with one attached hydrogen (secondary N) is 1. The molecule has 0 aliphatic heterocycles. The number of aliphatic carboxylic acids is 1. The summed E-state index contributed by atoms with van der Waals surface area (Å²) in [7, 11) is 0. The largest absolute Gasteiger partial charge is 0.481 e. The number of para-hydroxylation sites is 2. The van der Waals surface area contributed by atoms with E-state index in [9.17, 15) is 29.1 Å². The fourth-order valence-electron chi connectivity index (χ4n) is 5.99. The fourth-order valence-corrected chi connectivity index (χ4v) is 5.99. The molecule has 2 N–H and O–H groups in total. The summed E-state index contributed by atoms with van der Waals surface area (Å²) in [4.78, 5) is 64.6. The Morgan fingerprint density at radius 2 is 1.37 bits per heavy atom. The van der Waals surface area contributed by atoms with E-state index in [-0.39, 0.29) is 37.8 Å². The third-order valence-corrected chi connectivity index (χ3v) is 8.73. The van der Waals surface area contributed by atoms with Crippen molar-refractivity contribution in [2.75, 3.05) is 0 Å². The highest BCUT2D eigenvalue weighted by Crippen LogP contribution is 2.28. The van der Waals surface area contributed by atoms with E-state index in [1.807, 2.05) is 13.0 Å². The average Bonchev–Trinajstić information content (AvgIpc) is 3.47. The molecule has 2 heterocycles. The Morgan fingerprint density at radius 1 is 0.804 bits per heavy atom. The summed E-state index contributed by atoms with van der Waals surface area (Å²) in [5.41, 5.74) is -0.466. The summed E-state index contributed by atoms with van der Waals surface area (Å²) in [6, 6.07) is 16.8. The quantitative estimate of drug-likeness (QED) is 0.166. The van der Waals surface area contributed by atoms with Crippen molar-refractivity contribution in [1.29, 1.82) is 0 Å². The van der Waals surface area contributed by atoms with Crippen molar-refractivity contribution in [3.8, 4) is 11.4 Å². The summed E-state index contributed by atoms with van der Waals surface area (Å²) in [6.45, 7) is 10.6. The van der Waals surface area contributed by atoms with Gasteiger partial charge in [0.15, 0.2) is 0 Å². The van der Waals surface area contributed by atoms with Crippen molar-refractivity contribution in [2.24, 2.45) is 11.8 Å². The van der Waals surface area contributed by atoms with Gasteiger partial charge in [0.05, 0.1) is 17.4 Å². The van der Waals surface area contributed by atoms with Crippen LogP contribution in [0.3, 0.4) is 0 Å². The minimum absolute atomic E-state index is 0.0993. The predicted octanol–water partition coefficient (Wildman–Crippen LogP) is 4.35. The molecule has 3 atom stereocenters. The van der Waals surface area contributed by atoms with Crippen LogP contribution in [0.25, 0.3) is 11.4 Å². The first-order valence-electron chi connectivity index (χ1n) is 15.9. The van der Waals surface area contributed by atoms with Crippen LogP contribution in [0.15, 0.2) is 92.0 Å². The molecule has 12 heteroatoms. The van der Waals surface area contributed by atoms with Gasteiger partial charge in [-0.3, -0.25) is 4.79 Å². The molecule has 246 valence electrons. The van der Waals surface area contributed by atoms with Crippen LogP contribution in [0.4, 0.5) is 0 Å². The van der Waals surface area contributed by atoms with Gasteiger partial charge in [-0.15, -0.1) is 0 Å². The minimum Gasteiger partial charge on any atom is -0.481 e. The minimum atomic E-state index is -0.797. The highest BCUT2D eigenvalue weighted by Gasteiger charge is 2.24.